The zero-order valence-corrected chi connectivity index (χ0v) is 15.3. The number of benzene rings is 1. The Bertz CT molecular complexity index is 764. The summed E-state index contributed by atoms with van der Waals surface area (Å²) in [5.74, 6) is -0.729. The number of hydrogen-bond acceptors (Lipinski definition) is 4. The molecule has 0 atom stereocenters. The molecule has 0 aliphatic heterocycles. The second kappa shape index (κ2) is 7.49. The average molecular weight is 393 g/mol. The Labute approximate surface area is 152 Å². The Morgan fingerprint density at radius 1 is 1.26 bits per heavy atom. The second-order valence-corrected chi connectivity index (χ2v) is 7.31. The summed E-state index contributed by atoms with van der Waals surface area (Å²) in [4.78, 5) is 30.2. The molecule has 1 aromatic heterocycles. The van der Waals surface area contributed by atoms with Crippen LogP contribution < -0.4 is 5.32 Å². The molecule has 1 N–H and O–H groups in total. The number of rotatable bonds is 4. The summed E-state index contributed by atoms with van der Waals surface area (Å²) < 4.78 is 0.291. The van der Waals surface area contributed by atoms with Gasteiger partial charge in [-0.3, -0.25) is 9.59 Å². The molecule has 0 unspecified atom stereocenters. The van der Waals surface area contributed by atoms with E-state index in [1.807, 2.05) is 0 Å². The van der Waals surface area contributed by atoms with Crippen molar-refractivity contribution < 1.29 is 9.59 Å². The quantitative estimate of drug-likeness (QED) is 0.851. The number of carbonyl (C=O) groups is 2. The first-order valence-corrected chi connectivity index (χ1v) is 8.36. The van der Waals surface area contributed by atoms with Crippen LogP contribution in [-0.2, 0) is 4.79 Å². The summed E-state index contributed by atoms with van der Waals surface area (Å²) in [5, 5.41) is 3.38. The zero-order valence-electron chi connectivity index (χ0n) is 12.2. The number of carbonyl (C=O) groups excluding carboxylic acids is 2. The van der Waals surface area contributed by atoms with Gasteiger partial charge in [-0.15, -0.1) is 11.3 Å². The summed E-state index contributed by atoms with van der Waals surface area (Å²) in [7, 11) is 1.52. The van der Waals surface area contributed by atoms with Crippen LogP contribution in [0.2, 0.25) is 14.5 Å². The van der Waals surface area contributed by atoms with Crippen molar-refractivity contribution in [3.63, 3.8) is 0 Å². The maximum absolute atomic E-state index is 12.3. The molecule has 2 amide bonds. The predicted octanol–water partition coefficient (Wildman–Crippen LogP) is 4.12. The molecular weight excluding hydrogens is 381 g/mol. The zero-order chi connectivity index (χ0) is 17.1. The summed E-state index contributed by atoms with van der Waals surface area (Å²) >= 11 is 18.7. The molecule has 1 heterocycles. The third-order valence-corrected chi connectivity index (χ3v) is 4.72. The van der Waals surface area contributed by atoms with E-state index in [0.29, 0.717) is 25.1 Å². The van der Waals surface area contributed by atoms with Crippen molar-refractivity contribution in [2.75, 3.05) is 18.9 Å². The van der Waals surface area contributed by atoms with Gasteiger partial charge in [0.05, 0.1) is 16.6 Å². The molecule has 9 heteroatoms. The van der Waals surface area contributed by atoms with Gasteiger partial charge in [0.15, 0.2) is 4.47 Å². The van der Waals surface area contributed by atoms with E-state index in [-0.39, 0.29) is 24.1 Å². The molecule has 0 saturated heterocycles. The van der Waals surface area contributed by atoms with Crippen molar-refractivity contribution in [1.29, 1.82) is 0 Å². The number of aromatic nitrogens is 1. The Morgan fingerprint density at radius 2 is 1.96 bits per heavy atom. The number of hydrogen-bond donors (Lipinski definition) is 1. The SMILES string of the molecule is Cc1sc(Cl)nc1C(=O)N(C)CC(=O)Nc1ccc(Cl)c(Cl)c1. The highest BCUT2D eigenvalue weighted by atomic mass is 35.5. The molecule has 5 nitrogen and oxygen atoms in total. The van der Waals surface area contributed by atoms with Crippen molar-refractivity contribution in [3.8, 4) is 0 Å². The van der Waals surface area contributed by atoms with Crippen LogP contribution in [0.3, 0.4) is 0 Å². The smallest absolute Gasteiger partial charge is 0.273 e. The van der Waals surface area contributed by atoms with Crippen molar-refractivity contribution in [2.45, 2.75) is 6.92 Å². The number of likely N-dealkylation sites (N-methyl/N-ethyl adjacent to an activating group) is 1. The van der Waals surface area contributed by atoms with Crippen LogP contribution in [0, 0.1) is 6.92 Å². The third kappa shape index (κ3) is 4.57. The topological polar surface area (TPSA) is 62.3 Å². The first-order valence-electron chi connectivity index (χ1n) is 6.41. The lowest BCUT2D eigenvalue weighted by Gasteiger charge is -2.16. The van der Waals surface area contributed by atoms with Crippen molar-refractivity contribution in [1.82, 2.24) is 9.88 Å². The highest BCUT2D eigenvalue weighted by Crippen LogP contribution is 2.25. The van der Waals surface area contributed by atoms with Crippen LogP contribution in [0.25, 0.3) is 0 Å². The monoisotopic (exact) mass is 391 g/mol. The van der Waals surface area contributed by atoms with Gasteiger partial charge < -0.3 is 10.2 Å². The van der Waals surface area contributed by atoms with Gasteiger partial charge in [0.2, 0.25) is 5.91 Å². The number of anilines is 1. The van der Waals surface area contributed by atoms with E-state index >= 15 is 0 Å². The molecule has 0 radical (unpaired) electrons. The third-order valence-electron chi connectivity index (χ3n) is 2.90. The molecule has 1 aromatic carbocycles. The van der Waals surface area contributed by atoms with Crippen LogP contribution in [0.5, 0.6) is 0 Å². The number of thiazole rings is 1. The number of halogens is 3. The van der Waals surface area contributed by atoms with Crippen molar-refractivity contribution in [2.24, 2.45) is 0 Å². The van der Waals surface area contributed by atoms with Gasteiger partial charge in [0, 0.05) is 17.6 Å². The van der Waals surface area contributed by atoms with Gasteiger partial charge in [0.1, 0.15) is 5.69 Å². The molecule has 0 bridgehead atoms. The van der Waals surface area contributed by atoms with Crippen LogP contribution >= 0.6 is 46.1 Å². The molecular formula is C14H12Cl3N3O2S. The van der Waals surface area contributed by atoms with E-state index in [1.165, 1.54) is 29.4 Å². The van der Waals surface area contributed by atoms with Gasteiger partial charge in [-0.05, 0) is 25.1 Å². The predicted molar refractivity (Wildman–Crippen MR) is 93.9 cm³/mol. The van der Waals surface area contributed by atoms with Gasteiger partial charge in [-0.25, -0.2) is 4.98 Å². The maximum atomic E-state index is 12.3. The Hall–Kier alpha value is -1.34. The number of nitrogens with one attached hydrogen (secondary N) is 1. The van der Waals surface area contributed by atoms with Crippen LogP contribution in [-0.4, -0.2) is 35.3 Å². The minimum atomic E-state index is -0.366. The van der Waals surface area contributed by atoms with Gasteiger partial charge in [-0.1, -0.05) is 34.8 Å². The van der Waals surface area contributed by atoms with Crippen LogP contribution in [0.15, 0.2) is 18.2 Å². The van der Waals surface area contributed by atoms with E-state index in [4.69, 9.17) is 34.8 Å². The fraction of sp³-hybridized carbons (Fsp3) is 0.214. The molecule has 0 spiro atoms. The lowest BCUT2D eigenvalue weighted by molar-refractivity contribution is -0.116. The number of amides is 2. The van der Waals surface area contributed by atoms with E-state index in [2.05, 4.69) is 10.3 Å². The van der Waals surface area contributed by atoms with Crippen molar-refractivity contribution >= 4 is 63.6 Å². The Kier molecular flexibility index (Phi) is 5.86. The number of aryl methyl sites for hydroxylation is 1. The minimum Gasteiger partial charge on any atom is -0.331 e. The summed E-state index contributed by atoms with van der Waals surface area (Å²) in [6.07, 6.45) is 0. The van der Waals surface area contributed by atoms with E-state index in [1.54, 1.807) is 19.1 Å². The standard InChI is InChI=1S/C14H12Cl3N3O2S/c1-7-12(19-14(17)23-7)13(22)20(2)6-11(21)18-8-3-4-9(15)10(16)5-8/h3-5H,6H2,1-2H3,(H,18,21). The molecule has 2 rings (SSSR count). The lowest BCUT2D eigenvalue weighted by atomic mass is 10.3. The average Bonchev–Trinajstić information content (AvgIpc) is 2.80. The Morgan fingerprint density at radius 3 is 2.52 bits per heavy atom. The molecule has 23 heavy (non-hydrogen) atoms. The largest absolute Gasteiger partial charge is 0.331 e. The summed E-state index contributed by atoms with van der Waals surface area (Å²) in [6, 6.07) is 4.74. The maximum Gasteiger partial charge on any atom is 0.273 e. The van der Waals surface area contributed by atoms with Gasteiger partial charge in [0.25, 0.3) is 5.91 Å². The summed E-state index contributed by atoms with van der Waals surface area (Å²) in [5.41, 5.74) is 0.753. The van der Waals surface area contributed by atoms with Gasteiger partial charge >= 0.3 is 0 Å². The highest BCUT2D eigenvalue weighted by Gasteiger charge is 2.20. The highest BCUT2D eigenvalue weighted by molar-refractivity contribution is 7.15. The van der Waals surface area contributed by atoms with Gasteiger partial charge in [-0.2, -0.15) is 0 Å². The Balaban J connectivity index is 2.00. The normalized spacial score (nSPS) is 10.5. The van der Waals surface area contributed by atoms with Crippen LogP contribution in [0.4, 0.5) is 5.69 Å². The molecule has 0 fully saturated rings. The number of nitrogens with zero attached hydrogens (tertiary/aromatic N) is 2. The van der Waals surface area contributed by atoms with Crippen molar-refractivity contribution in [3.05, 3.63) is 43.3 Å². The molecule has 0 aliphatic rings. The lowest BCUT2D eigenvalue weighted by Crippen LogP contribution is -2.35. The first kappa shape index (κ1) is 18.0. The first-order chi connectivity index (χ1) is 10.8. The van der Waals surface area contributed by atoms with Crippen LogP contribution in [0.1, 0.15) is 15.4 Å². The molecule has 0 aliphatic carbocycles. The fourth-order valence-electron chi connectivity index (χ4n) is 1.80. The summed E-state index contributed by atoms with van der Waals surface area (Å²) in [6.45, 7) is 1.62. The molecule has 122 valence electrons. The van der Waals surface area contributed by atoms with E-state index < -0.39 is 0 Å². The minimum absolute atomic E-state index is 0.131. The fourth-order valence-corrected chi connectivity index (χ4v) is 3.15. The van der Waals surface area contributed by atoms with E-state index in [9.17, 15) is 9.59 Å². The second-order valence-electron chi connectivity index (χ2n) is 4.71. The molecule has 2 aromatic rings. The molecule has 0 saturated carbocycles. The van der Waals surface area contributed by atoms with E-state index in [0.717, 1.165) is 0 Å².